The maximum atomic E-state index is 11.6. The Bertz CT molecular complexity index is 348. The quantitative estimate of drug-likeness (QED) is 0.685. The molecule has 0 aliphatic heterocycles. The van der Waals surface area contributed by atoms with Gasteiger partial charge in [0, 0.05) is 18.2 Å². The van der Waals surface area contributed by atoms with E-state index >= 15 is 0 Å². The Morgan fingerprint density at radius 1 is 1.31 bits per heavy atom. The monoisotopic (exact) mass is 241 g/mol. The number of hydrogen-bond acceptors (Lipinski definition) is 4. The number of phenolic OH excluding ortho intramolecular Hbond substituents is 2. The molecule has 0 atom stereocenters. The van der Waals surface area contributed by atoms with Crippen LogP contribution < -0.4 is 5.32 Å². The summed E-state index contributed by atoms with van der Waals surface area (Å²) in [6.07, 6.45) is 2.91. The van der Waals surface area contributed by atoms with E-state index in [2.05, 4.69) is 5.32 Å². The highest BCUT2D eigenvalue weighted by molar-refractivity contribution is 7.98. The highest BCUT2D eigenvalue weighted by Crippen LogP contribution is 2.20. The van der Waals surface area contributed by atoms with Gasteiger partial charge in [0.05, 0.1) is 0 Å². The number of carbonyl (C=O) groups is 1. The number of rotatable bonds is 5. The number of amides is 1. The van der Waals surface area contributed by atoms with Gasteiger partial charge in [0.2, 0.25) is 0 Å². The lowest BCUT2D eigenvalue weighted by Gasteiger charge is -2.05. The molecule has 0 heterocycles. The fourth-order valence-electron chi connectivity index (χ4n) is 1.25. The minimum absolute atomic E-state index is 0.116. The van der Waals surface area contributed by atoms with Crippen LogP contribution in [0.3, 0.4) is 0 Å². The zero-order valence-corrected chi connectivity index (χ0v) is 9.88. The molecule has 16 heavy (non-hydrogen) atoms. The van der Waals surface area contributed by atoms with Crippen molar-refractivity contribution < 1.29 is 15.0 Å². The van der Waals surface area contributed by atoms with Crippen LogP contribution in [0.25, 0.3) is 0 Å². The molecule has 0 unspecified atom stereocenters. The maximum absolute atomic E-state index is 11.6. The van der Waals surface area contributed by atoms with Gasteiger partial charge in [0.15, 0.2) is 0 Å². The van der Waals surface area contributed by atoms with Gasteiger partial charge in [0.25, 0.3) is 5.91 Å². The van der Waals surface area contributed by atoms with E-state index in [-0.39, 0.29) is 23.0 Å². The summed E-state index contributed by atoms with van der Waals surface area (Å²) >= 11 is 1.72. The van der Waals surface area contributed by atoms with Gasteiger partial charge in [-0.3, -0.25) is 4.79 Å². The fraction of sp³-hybridized carbons (Fsp3) is 0.364. The minimum atomic E-state index is -0.285. The predicted molar refractivity (Wildman–Crippen MR) is 65.1 cm³/mol. The van der Waals surface area contributed by atoms with Gasteiger partial charge in [-0.05, 0) is 30.6 Å². The average molecular weight is 241 g/mol. The first-order valence-electron chi connectivity index (χ1n) is 4.93. The molecule has 0 aliphatic carbocycles. The maximum Gasteiger partial charge on any atom is 0.251 e. The van der Waals surface area contributed by atoms with Crippen LogP contribution in [0.15, 0.2) is 18.2 Å². The molecule has 0 spiro atoms. The van der Waals surface area contributed by atoms with Crippen LogP contribution in [0.1, 0.15) is 16.8 Å². The Balaban J connectivity index is 2.52. The van der Waals surface area contributed by atoms with Crippen LogP contribution in [-0.4, -0.2) is 34.7 Å². The number of benzene rings is 1. The Morgan fingerprint density at radius 2 is 1.94 bits per heavy atom. The van der Waals surface area contributed by atoms with Crippen molar-refractivity contribution >= 4 is 17.7 Å². The molecule has 1 amide bonds. The Morgan fingerprint density at radius 3 is 2.50 bits per heavy atom. The number of hydrogen-bond donors (Lipinski definition) is 3. The summed E-state index contributed by atoms with van der Waals surface area (Å²) in [6.45, 7) is 0.593. The molecule has 88 valence electrons. The molecule has 1 aromatic rings. The molecule has 0 saturated heterocycles. The van der Waals surface area contributed by atoms with Gasteiger partial charge in [-0.2, -0.15) is 11.8 Å². The topological polar surface area (TPSA) is 69.6 Å². The van der Waals surface area contributed by atoms with E-state index in [1.807, 2.05) is 6.26 Å². The normalized spacial score (nSPS) is 10.1. The molecule has 0 radical (unpaired) electrons. The van der Waals surface area contributed by atoms with Crippen molar-refractivity contribution in [2.45, 2.75) is 6.42 Å². The lowest BCUT2D eigenvalue weighted by molar-refractivity contribution is 0.0953. The van der Waals surface area contributed by atoms with E-state index in [9.17, 15) is 15.0 Å². The molecule has 0 aromatic heterocycles. The van der Waals surface area contributed by atoms with Gasteiger partial charge in [-0.25, -0.2) is 0 Å². The second kappa shape index (κ2) is 6.27. The molecule has 1 rings (SSSR count). The fourth-order valence-corrected chi connectivity index (χ4v) is 1.68. The van der Waals surface area contributed by atoms with Crippen molar-refractivity contribution in [1.29, 1.82) is 0 Å². The highest BCUT2D eigenvalue weighted by atomic mass is 32.2. The summed E-state index contributed by atoms with van der Waals surface area (Å²) < 4.78 is 0. The van der Waals surface area contributed by atoms with Crippen LogP contribution in [0.4, 0.5) is 0 Å². The van der Waals surface area contributed by atoms with Gasteiger partial charge < -0.3 is 15.5 Å². The van der Waals surface area contributed by atoms with Gasteiger partial charge in [0.1, 0.15) is 11.5 Å². The number of aromatic hydroxyl groups is 2. The van der Waals surface area contributed by atoms with Crippen molar-refractivity contribution in [2.24, 2.45) is 0 Å². The third-order valence-electron chi connectivity index (χ3n) is 1.98. The summed E-state index contributed by atoms with van der Waals surface area (Å²) in [6, 6.07) is 3.83. The van der Waals surface area contributed by atoms with Crippen molar-refractivity contribution in [3.05, 3.63) is 23.8 Å². The van der Waals surface area contributed by atoms with Gasteiger partial charge in [-0.15, -0.1) is 0 Å². The van der Waals surface area contributed by atoms with Gasteiger partial charge in [-0.1, -0.05) is 0 Å². The molecule has 0 saturated carbocycles. The molecule has 4 nitrogen and oxygen atoms in total. The summed E-state index contributed by atoms with van der Waals surface area (Å²) in [7, 11) is 0. The van der Waals surface area contributed by atoms with Crippen molar-refractivity contribution in [1.82, 2.24) is 5.32 Å². The van der Waals surface area contributed by atoms with E-state index in [0.717, 1.165) is 12.2 Å². The summed E-state index contributed by atoms with van der Waals surface area (Å²) in [4.78, 5) is 11.6. The molecule has 3 N–H and O–H groups in total. The third-order valence-corrected chi connectivity index (χ3v) is 2.67. The predicted octanol–water partition coefficient (Wildman–Crippen LogP) is 1.58. The summed E-state index contributed by atoms with van der Waals surface area (Å²) in [5.41, 5.74) is 0.265. The summed E-state index contributed by atoms with van der Waals surface area (Å²) in [5.74, 6) is 0.474. The molecule has 1 aromatic carbocycles. The lowest BCUT2D eigenvalue weighted by atomic mass is 10.2. The second-order valence-electron chi connectivity index (χ2n) is 3.34. The lowest BCUT2D eigenvalue weighted by Crippen LogP contribution is -2.24. The highest BCUT2D eigenvalue weighted by Gasteiger charge is 2.07. The van der Waals surface area contributed by atoms with E-state index in [0.29, 0.717) is 6.54 Å². The molecular formula is C11H15NO3S. The molecule has 0 bridgehead atoms. The van der Waals surface area contributed by atoms with Crippen LogP contribution in [-0.2, 0) is 0 Å². The number of phenols is 2. The molecular weight excluding hydrogens is 226 g/mol. The minimum Gasteiger partial charge on any atom is -0.508 e. The smallest absolute Gasteiger partial charge is 0.251 e. The standard InChI is InChI=1S/C11H15NO3S/c1-16-4-2-3-12-11(15)8-5-9(13)7-10(14)6-8/h5-7,13-14H,2-4H2,1H3,(H,12,15). The zero-order valence-electron chi connectivity index (χ0n) is 9.06. The van der Waals surface area contributed by atoms with Crippen molar-refractivity contribution in [2.75, 3.05) is 18.6 Å². The Hall–Kier alpha value is -1.36. The van der Waals surface area contributed by atoms with Crippen molar-refractivity contribution in [3.63, 3.8) is 0 Å². The first kappa shape index (κ1) is 12.7. The third kappa shape index (κ3) is 4.02. The zero-order chi connectivity index (χ0) is 12.0. The first-order valence-corrected chi connectivity index (χ1v) is 6.33. The Labute approximate surface area is 98.7 Å². The van der Waals surface area contributed by atoms with E-state index in [1.54, 1.807) is 11.8 Å². The Kier molecular flexibility index (Phi) is 4.98. The van der Waals surface area contributed by atoms with E-state index < -0.39 is 0 Å². The SMILES string of the molecule is CSCCCNC(=O)c1cc(O)cc(O)c1. The van der Waals surface area contributed by atoms with Crippen molar-refractivity contribution in [3.8, 4) is 11.5 Å². The largest absolute Gasteiger partial charge is 0.508 e. The number of carbonyl (C=O) groups excluding carboxylic acids is 1. The summed E-state index contributed by atoms with van der Waals surface area (Å²) in [5, 5.41) is 21.1. The molecule has 0 aliphatic rings. The molecule has 5 heteroatoms. The molecule has 0 fully saturated rings. The average Bonchev–Trinajstić information content (AvgIpc) is 2.22. The van der Waals surface area contributed by atoms with E-state index in [4.69, 9.17) is 0 Å². The first-order chi connectivity index (χ1) is 7.63. The van der Waals surface area contributed by atoms with Gasteiger partial charge >= 0.3 is 0 Å². The van der Waals surface area contributed by atoms with Crippen LogP contribution in [0.5, 0.6) is 11.5 Å². The van der Waals surface area contributed by atoms with Crippen LogP contribution in [0, 0.1) is 0 Å². The van der Waals surface area contributed by atoms with Crippen LogP contribution >= 0.6 is 11.8 Å². The van der Waals surface area contributed by atoms with Crippen LogP contribution in [0.2, 0.25) is 0 Å². The number of nitrogens with one attached hydrogen (secondary N) is 1. The van der Waals surface area contributed by atoms with E-state index in [1.165, 1.54) is 18.2 Å². The second-order valence-corrected chi connectivity index (χ2v) is 4.33. The number of thioether (sulfide) groups is 1.